The summed E-state index contributed by atoms with van der Waals surface area (Å²) >= 11 is 0. The molecule has 1 aromatic rings. The van der Waals surface area contributed by atoms with Crippen LogP contribution in [0.5, 0.6) is 0 Å². The van der Waals surface area contributed by atoms with Crippen LogP contribution in [0.25, 0.3) is 0 Å². The summed E-state index contributed by atoms with van der Waals surface area (Å²) in [7, 11) is 0. The molecule has 0 bridgehead atoms. The highest BCUT2D eigenvalue weighted by atomic mass is 19.1. The van der Waals surface area contributed by atoms with E-state index in [0.717, 1.165) is 12.1 Å². The Kier molecular flexibility index (Phi) is 3.97. The van der Waals surface area contributed by atoms with Crippen molar-refractivity contribution in [2.24, 2.45) is 5.73 Å². The monoisotopic (exact) mass is 255 g/mol. The number of nitrogens with two attached hydrogens (primary N) is 1. The minimum atomic E-state index is -0.947. The molecule has 1 aromatic carbocycles. The molecule has 1 rings (SSSR count). The lowest BCUT2D eigenvalue weighted by molar-refractivity contribution is -0.387. The van der Waals surface area contributed by atoms with Gasteiger partial charge in [-0.1, -0.05) is 0 Å². The van der Waals surface area contributed by atoms with Gasteiger partial charge in [0.15, 0.2) is 0 Å². The highest BCUT2D eigenvalue weighted by molar-refractivity contribution is 5.91. The normalized spacial score (nSPS) is 11.1. The molecular formula is C11H14FN3O3. The van der Waals surface area contributed by atoms with Gasteiger partial charge < -0.3 is 11.1 Å². The van der Waals surface area contributed by atoms with E-state index >= 15 is 0 Å². The highest BCUT2D eigenvalue weighted by Gasteiger charge is 2.18. The third kappa shape index (κ3) is 4.10. The number of nitro benzene ring substituents is 1. The quantitative estimate of drug-likeness (QED) is 0.633. The van der Waals surface area contributed by atoms with Gasteiger partial charge in [-0.3, -0.25) is 14.9 Å². The summed E-state index contributed by atoms with van der Waals surface area (Å²) in [6.45, 7) is 3.36. The molecule has 7 heteroatoms. The summed E-state index contributed by atoms with van der Waals surface area (Å²) in [5.41, 5.74) is 4.46. The molecule has 0 radical (unpaired) electrons. The fraction of sp³-hybridized carbons (Fsp3) is 0.364. The summed E-state index contributed by atoms with van der Waals surface area (Å²) in [4.78, 5) is 21.2. The number of nitro groups is 1. The molecular weight excluding hydrogens is 241 g/mol. The third-order valence-corrected chi connectivity index (χ3v) is 2.04. The maximum Gasteiger partial charge on any atom is 0.306 e. The zero-order valence-corrected chi connectivity index (χ0v) is 10.1. The lowest BCUT2D eigenvalue weighted by Crippen LogP contribution is -2.36. The summed E-state index contributed by atoms with van der Waals surface area (Å²) < 4.78 is 13.1. The first kappa shape index (κ1) is 14.0. The molecule has 0 fully saturated rings. The van der Waals surface area contributed by atoms with Crippen molar-refractivity contribution in [1.82, 2.24) is 0 Å². The van der Waals surface area contributed by atoms with Gasteiger partial charge in [-0.05, 0) is 26.0 Å². The van der Waals surface area contributed by atoms with Gasteiger partial charge in [-0.15, -0.1) is 0 Å². The fourth-order valence-electron chi connectivity index (χ4n) is 1.35. The Morgan fingerprint density at radius 3 is 2.67 bits per heavy atom. The van der Waals surface area contributed by atoms with E-state index in [2.05, 4.69) is 5.32 Å². The standard InChI is InChI=1S/C11H14FN3O3/c1-11(2,13)6-10(16)14-7-3-4-8(12)9(5-7)15(17)18/h3-5H,6,13H2,1-2H3,(H,14,16). The smallest absolute Gasteiger partial charge is 0.306 e. The van der Waals surface area contributed by atoms with Gasteiger partial charge in [-0.2, -0.15) is 4.39 Å². The second-order valence-corrected chi connectivity index (χ2v) is 4.64. The van der Waals surface area contributed by atoms with Crippen LogP contribution in [0.15, 0.2) is 18.2 Å². The average Bonchev–Trinajstić information content (AvgIpc) is 2.17. The maximum atomic E-state index is 13.1. The van der Waals surface area contributed by atoms with E-state index < -0.39 is 22.0 Å². The summed E-state index contributed by atoms with van der Waals surface area (Å²) in [6.07, 6.45) is 0.0537. The number of carbonyl (C=O) groups is 1. The van der Waals surface area contributed by atoms with Gasteiger partial charge in [0.05, 0.1) is 4.92 Å². The SMILES string of the molecule is CC(C)(N)CC(=O)Nc1ccc(F)c([N+](=O)[O-])c1. The van der Waals surface area contributed by atoms with Crippen LogP contribution in [0.3, 0.4) is 0 Å². The first-order chi connectivity index (χ1) is 8.19. The second-order valence-electron chi connectivity index (χ2n) is 4.64. The van der Waals surface area contributed by atoms with Gasteiger partial charge in [0, 0.05) is 23.7 Å². The molecule has 0 aliphatic carbocycles. The van der Waals surface area contributed by atoms with Crippen LogP contribution in [0, 0.1) is 15.9 Å². The minimum Gasteiger partial charge on any atom is -0.326 e. The molecule has 0 atom stereocenters. The van der Waals surface area contributed by atoms with E-state index in [-0.39, 0.29) is 18.0 Å². The van der Waals surface area contributed by atoms with Gasteiger partial charge in [0.1, 0.15) is 0 Å². The van der Waals surface area contributed by atoms with Crippen molar-refractivity contribution >= 4 is 17.3 Å². The summed E-state index contributed by atoms with van der Waals surface area (Å²) in [5, 5.41) is 13.0. The Bertz CT molecular complexity index is 483. The Morgan fingerprint density at radius 1 is 1.56 bits per heavy atom. The van der Waals surface area contributed by atoms with Crippen molar-refractivity contribution < 1.29 is 14.1 Å². The van der Waals surface area contributed by atoms with Gasteiger partial charge in [0.25, 0.3) is 0 Å². The number of carbonyl (C=O) groups excluding carboxylic acids is 1. The third-order valence-electron chi connectivity index (χ3n) is 2.04. The number of amides is 1. The molecule has 6 nitrogen and oxygen atoms in total. The predicted molar refractivity (Wildman–Crippen MR) is 64.6 cm³/mol. The van der Waals surface area contributed by atoms with E-state index in [1.54, 1.807) is 13.8 Å². The molecule has 0 aliphatic rings. The first-order valence-corrected chi connectivity index (χ1v) is 5.22. The van der Waals surface area contributed by atoms with Crippen LogP contribution in [0.4, 0.5) is 15.8 Å². The Labute approximate surface area is 103 Å². The van der Waals surface area contributed by atoms with Gasteiger partial charge in [-0.25, -0.2) is 0 Å². The van der Waals surface area contributed by atoms with Gasteiger partial charge in [0.2, 0.25) is 11.7 Å². The minimum absolute atomic E-state index is 0.0537. The second kappa shape index (κ2) is 5.09. The van der Waals surface area contributed by atoms with E-state index in [1.165, 1.54) is 6.07 Å². The Hall–Kier alpha value is -2.02. The maximum absolute atomic E-state index is 13.1. The van der Waals surface area contributed by atoms with Crippen LogP contribution in [0.1, 0.15) is 20.3 Å². The van der Waals surface area contributed by atoms with Crippen molar-refractivity contribution in [2.45, 2.75) is 25.8 Å². The molecule has 0 saturated heterocycles. The zero-order valence-electron chi connectivity index (χ0n) is 10.1. The molecule has 98 valence electrons. The van der Waals surface area contributed by atoms with E-state index in [0.29, 0.717) is 0 Å². The Balaban J connectivity index is 2.83. The molecule has 0 aromatic heterocycles. The number of halogens is 1. The zero-order chi connectivity index (χ0) is 13.9. The van der Waals surface area contributed by atoms with Crippen LogP contribution < -0.4 is 11.1 Å². The largest absolute Gasteiger partial charge is 0.326 e. The lowest BCUT2D eigenvalue weighted by atomic mass is 10.0. The van der Waals surface area contributed by atoms with Crippen molar-refractivity contribution in [3.05, 3.63) is 34.1 Å². The molecule has 0 aliphatic heterocycles. The highest BCUT2D eigenvalue weighted by Crippen LogP contribution is 2.22. The number of hydrogen-bond acceptors (Lipinski definition) is 4. The van der Waals surface area contributed by atoms with E-state index in [4.69, 9.17) is 5.73 Å². The van der Waals surface area contributed by atoms with Crippen LogP contribution >= 0.6 is 0 Å². The van der Waals surface area contributed by atoms with Crippen LogP contribution in [-0.4, -0.2) is 16.4 Å². The number of anilines is 1. The predicted octanol–water partition coefficient (Wildman–Crippen LogP) is 1.80. The number of nitrogens with zero attached hydrogens (tertiary/aromatic N) is 1. The average molecular weight is 255 g/mol. The molecule has 0 heterocycles. The van der Waals surface area contributed by atoms with Crippen molar-refractivity contribution in [2.75, 3.05) is 5.32 Å². The van der Waals surface area contributed by atoms with Crippen molar-refractivity contribution in [3.8, 4) is 0 Å². The number of nitrogens with one attached hydrogen (secondary N) is 1. The number of hydrogen-bond donors (Lipinski definition) is 2. The molecule has 0 saturated carbocycles. The summed E-state index contributed by atoms with van der Waals surface area (Å²) in [5.74, 6) is -1.33. The summed E-state index contributed by atoms with van der Waals surface area (Å²) in [6, 6.07) is 3.15. The van der Waals surface area contributed by atoms with E-state index in [1.807, 2.05) is 0 Å². The van der Waals surface area contributed by atoms with Crippen molar-refractivity contribution in [3.63, 3.8) is 0 Å². The Morgan fingerprint density at radius 2 is 2.17 bits per heavy atom. The van der Waals surface area contributed by atoms with Crippen LogP contribution in [-0.2, 0) is 4.79 Å². The topological polar surface area (TPSA) is 98.3 Å². The number of rotatable bonds is 4. The number of benzene rings is 1. The fourth-order valence-corrected chi connectivity index (χ4v) is 1.35. The van der Waals surface area contributed by atoms with Crippen molar-refractivity contribution in [1.29, 1.82) is 0 Å². The molecule has 18 heavy (non-hydrogen) atoms. The first-order valence-electron chi connectivity index (χ1n) is 5.22. The lowest BCUT2D eigenvalue weighted by Gasteiger charge is -2.17. The molecule has 0 spiro atoms. The van der Waals surface area contributed by atoms with Gasteiger partial charge >= 0.3 is 5.69 Å². The van der Waals surface area contributed by atoms with Crippen LogP contribution in [0.2, 0.25) is 0 Å². The molecule has 0 unspecified atom stereocenters. The van der Waals surface area contributed by atoms with E-state index in [9.17, 15) is 19.3 Å². The molecule has 3 N–H and O–H groups in total. The molecule has 1 amide bonds.